The molecular weight excluding hydrogens is 480 g/mol. The minimum Gasteiger partial charge on any atom is -0.469 e. The van der Waals surface area contributed by atoms with Crippen LogP contribution in [0.1, 0.15) is 98.3 Å². The highest BCUT2D eigenvalue weighted by atomic mass is 79.9. The summed E-state index contributed by atoms with van der Waals surface area (Å²) < 4.78 is 10.5. The lowest BCUT2D eigenvalue weighted by Gasteiger charge is -2.62. The first-order valence-electron chi connectivity index (χ1n) is 13.5. The van der Waals surface area contributed by atoms with E-state index in [1.807, 2.05) is 0 Å². The normalized spacial score (nSPS) is 45.3. The molecule has 4 saturated carbocycles. The van der Waals surface area contributed by atoms with Crippen molar-refractivity contribution in [3.63, 3.8) is 0 Å². The zero-order chi connectivity index (χ0) is 24.0. The van der Waals surface area contributed by atoms with E-state index in [4.69, 9.17) is 9.47 Å². The van der Waals surface area contributed by atoms with Gasteiger partial charge in [-0.25, -0.2) is 0 Å². The second kappa shape index (κ2) is 9.82. The number of hydrogen-bond donors (Lipinski definition) is 0. The van der Waals surface area contributed by atoms with E-state index in [-0.39, 0.29) is 18.0 Å². The number of esters is 2. The van der Waals surface area contributed by atoms with Crippen molar-refractivity contribution in [2.75, 3.05) is 7.11 Å². The molecule has 4 aliphatic carbocycles. The van der Waals surface area contributed by atoms with Crippen molar-refractivity contribution in [2.45, 2.75) is 109 Å². The van der Waals surface area contributed by atoms with Gasteiger partial charge in [-0.3, -0.25) is 9.59 Å². The van der Waals surface area contributed by atoms with Crippen LogP contribution in [0, 0.1) is 46.3 Å². The number of carbonyl (C=O) groups is 2. The fourth-order valence-corrected chi connectivity index (χ4v) is 10.7. The zero-order valence-electron chi connectivity index (χ0n) is 21.4. The number of alkyl halides is 1. The quantitative estimate of drug-likeness (QED) is 0.279. The van der Waals surface area contributed by atoms with E-state index >= 15 is 0 Å². The summed E-state index contributed by atoms with van der Waals surface area (Å²) in [5.74, 6) is 4.36. The average molecular weight is 526 g/mol. The van der Waals surface area contributed by atoms with E-state index in [9.17, 15) is 9.59 Å². The number of ether oxygens (including phenoxy) is 2. The minimum absolute atomic E-state index is 0.0349. The lowest BCUT2D eigenvalue weighted by atomic mass is 9.44. The molecule has 10 atom stereocenters. The summed E-state index contributed by atoms with van der Waals surface area (Å²) in [7, 11) is 1.49. The van der Waals surface area contributed by atoms with Gasteiger partial charge in [0.05, 0.1) is 11.9 Å². The summed E-state index contributed by atoms with van der Waals surface area (Å²) in [5.41, 5.74) is 0.817. The maximum atomic E-state index is 11.6. The number of rotatable bonds is 6. The Morgan fingerprint density at radius 2 is 1.64 bits per heavy atom. The van der Waals surface area contributed by atoms with E-state index in [0.29, 0.717) is 33.9 Å². The van der Waals surface area contributed by atoms with E-state index in [1.165, 1.54) is 52.1 Å². The molecule has 4 fully saturated rings. The molecule has 4 aliphatic rings. The molecule has 0 aliphatic heterocycles. The predicted octanol–water partition coefficient (Wildman–Crippen LogP) is 6.93. The summed E-state index contributed by atoms with van der Waals surface area (Å²) in [6, 6.07) is 0. The van der Waals surface area contributed by atoms with E-state index in [2.05, 4.69) is 36.7 Å². The Balaban J connectivity index is 1.44. The van der Waals surface area contributed by atoms with Gasteiger partial charge in [-0.2, -0.15) is 0 Å². The number of halogens is 1. The molecule has 5 heteroatoms. The minimum atomic E-state index is -0.145. The Morgan fingerprint density at radius 3 is 2.33 bits per heavy atom. The zero-order valence-corrected chi connectivity index (χ0v) is 23.0. The molecule has 0 spiro atoms. The monoisotopic (exact) mass is 524 g/mol. The first-order valence-corrected chi connectivity index (χ1v) is 14.4. The van der Waals surface area contributed by atoms with Crippen LogP contribution in [0.25, 0.3) is 0 Å². The van der Waals surface area contributed by atoms with Gasteiger partial charge < -0.3 is 9.47 Å². The first kappa shape index (κ1) is 25.5. The highest BCUT2D eigenvalue weighted by Gasteiger charge is 2.62. The van der Waals surface area contributed by atoms with E-state index in [1.54, 1.807) is 6.92 Å². The highest BCUT2D eigenvalue weighted by molar-refractivity contribution is 9.09. The maximum Gasteiger partial charge on any atom is 0.305 e. The molecular formula is C28H45BrO4. The summed E-state index contributed by atoms with van der Waals surface area (Å²) in [6.07, 6.45) is 12.9. The molecule has 0 aromatic heterocycles. The molecule has 0 bridgehead atoms. The molecule has 33 heavy (non-hydrogen) atoms. The number of fused-ring (bicyclic) bond motifs is 5. The molecule has 188 valence electrons. The fourth-order valence-electron chi connectivity index (χ4n) is 9.43. The van der Waals surface area contributed by atoms with Crippen molar-refractivity contribution >= 4 is 27.9 Å². The Kier molecular flexibility index (Phi) is 7.59. The smallest absolute Gasteiger partial charge is 0.305 e. The van der Waals surface area contributed by atoms with Crippen molar-refractivity contribution < 1.29 is 19.1 Å². The average Bonchev–Trinajstić information content (AvgIpc) is 3.12. The molecule has 0 aromatic carbocycles. The van der Waals surface area contributed by atoms with Gasteiger partial charge in [-0.15, -0.1) is 0 Å². The third kappa shape index (κ3) is 4.54. The van der Waals surface area contributed by atoms with Crippen LogP contribution in [-0.4, -0.2) is 30.0 Å². The Labute approximate surface area is 209 Å². The van der Waals surface area contributed by atoms with Crippen molar-refractivity contribution in [1.82, 2.24) is 0 Å². The molecule has 0 amide bonds. The number of methoxy groups -OCH3 is 1. The maximum absolute atomic E-state index is 11.6. The molecule has 1 unspecified atom stereocenters. The van der Waals surface area contributed by atoms with Gasteiger partial charge in [0.25, 0.3) is 0 Å². The second-order valence-electron chi connectivity index (χ2n) is 12.4. The van der Waals surface area contributed by atoms with Gasteiger partial charge in [0.2, 0.25) is 0 Å². The van der Waals surface area contributed by atoms with Crippen molar-refractivity contribution in [3.05, 3.63) is 0 Å². The fraction of sp³-hybridized carbons (Fsp3) is 0.929. The summed E-state index contributed by atoms with van der Waals surface area (Å²) >= 11 is 4.00. The molecule has 0 aromatic rings. The molecule has 0 radical (unpaired) electrons. The standard InChI is InChI=1S/C28H45BrO4/c1-17(7-6-8-25(31)32-5)20-11-12-21-19-9-10-23-26(29)24(33-18(2)30)14-16-28(23,4)22(19)13-15-27(20,21)3/h17,19-24,26H,6-16H2,1-5H3/t17-,19+,20-,21+,22+,23+,24+,26?,27-,28-/m1/s1. The number of hydrogen-bond acceptors (Lipinski definition) is 4. The Hall–Kier alpha value is -0.580. The third-order valence-corrected chi connectivity index (χ3v) is 12.2. The second-order valence-corrected chi connectivity index (χ2v) is 13.4. The topological polar surface area (TPSA) is 52.6 Å². The predicted molar refractivity (Wildman–Crippen MR) is 134 cm³/mol. The molecule has 4 rings (SSSR count). The van der Waals surface area contributed by atoms with Gasteiger partial charge >= 0.3 is 11.9 Å². The molecule has 0 heterocycles. The van der Waals surface area contributed by atoms with Gasteiger partial charge in [-0.05, 0) is 111 Å². The van der Waals surface area contributed by atoms with Gasteiger partial charge in [-0.1, -0.05) is 36.7 Å². The Bertz CT molecular complexity index is 739. The molecule has 0 N–H and O–H groups in total. The van der Waals surface area contributed by atoms with Crippen LogP contribution < -0.4 is 0 Å². The van der Waals surface area contributed by atoms with Crippen LogP contribution in [-0.2, 0) is 19.1 Å². The van der Waals surface area contributed by atoms with Crippen LogP contribution in [0.5, 0.6) is 0 Å². The third-order valence-electron chi connectivity index (χ3n) is 11.0. The first-order chi connectivity index (χ1) is 15.6. The van der Waals surface area contributed by atoms with Gasteiger partial charge in [0.1, 0.15) is 6.10 Å². The summed E-state index contributed by atoms with van der Waals surface area (Å²) in [4.78, 5) is 23.5. The van der Waals surface area contributed by atoms with Crippen LogP contribution in [0.4, 0.5) is 0 Å². The van der Waals surface area contributed by atoms with Gasteiger partial charge in [0, 0.05) is 13.3 Å². The van der Waals surface area contributed by atoms with Gasteiger partial charge in [0.15, 0.2) is 0 Å². The number of carbonyl (C=O) groups excluding carboxylic acids is 2. The molecule has 4 nitrogen and oxygen atoms in total. The van der Waals surface area contributed by atoms with E-state index < -0.39 is 0 Å². The largest absolute Gasteiger partial charge is 0.469 e. The highest BCUT2D eigenvalue weighted by Crippen LogP contribution is 2.68. The SMILES string of the molecule is COC(=O)CCC[C@@H](C)[C@H]1CC[C@H]2[C@@H]3CC[C@H]4C(Br)[C@@H](OC(C)=O)CC[C@]4(C)[C@H]3CC[C@]12C. The van der Waals surface area contributed by atoms with E-state index in [0.717, 1.165) is 42.9 Å². The molecule has 0 saturated heterocycles. The van der Waals surface area contributed by atoms with Crippen LogP contribution in [0.15, 0.2) is 0 Å². The van der Waals surface area contributed by atoms with Crippen LogP contribution in [0.3, 0.4) is 0 Å². The van der Waals surface area contributed by atoms with Crippen LogP contribution in [0.2, 0.25) is 0 Å². The summed E-state index contributed by atoms with van der Waals surface area (Å²) in [6.45, 7) is 9.16. The van der Waals surface area contributed by atoms with Crippen molar-refractivity contribution in [1.29, 1.82) is 0 Å². The lowest BCUT2D eigenvalue weighted by Crippen LogP contribution is -2.57. The van der Waals surface area contributed by atoms with Crippen molar-refractivity contribution in [3.8, 4) is 0 Å². The van der Waals surface area contributed by atoms with Crippen molar-refractivity contribution in [2.24, 2.45) is 46.3 Å². The Morgan fingerprint density at radius 1 is 0.970 bits per heavy atom. The summed E-state index contributed by atoms with van der Waals surface area (Å²) in [5, 5.41) is 0. The van der Waals surface area contributed by atoms with Crippen LogP contribution >= 0.6 is 15.9 Å². The lowest BCUT2D eigenvalue weighted by molar-refractivity contribution is -0.158.